The van der Waals surface area contributed by atoms with Crippen LogP contribution in [0.4, 0.5) is 5.69 Å². The molecule has 0 radical (unpaired) electrons. The monoisotopic (exact) mass is 285 g/mol. The maximum absolute atomic E-state index is 6.06. The van der Waals surface area contributed by atoms with Crippen LogP contribution >= 0.6 is 23.2 Å². The Bertz CT molecular complexity index is 581. The highest BCUT2D eigenvalue weighted by atomic mass is 35.5. The van der Waals surface area contributed by atoms with Gasteiger partial charge in [0.2, 0.25) is 5.88 Å². The van der Waals surface area contributed by atoms with Gasteiger partial charge < -0.3 is 10.5 Å². The third-order valence-corrected chi connectivity index (χ3v) is 3.37. The third-order valence-electron chi connectivity index (χ3n) is 2.56. The second-order valence-corrected chi connectivity index (χ2v) is 4.58. The Morgan fingerprint density at radius 1 is 1.39 bits per heavy atom. The number of nitrogen functional groups attached to an aromatic ring is 1. The highest BCUT2D eigenvalue weighted by Crippen LogP contribution is 2.37. The van der Waals surface area contributed by atoms with Gasteiger partial charge in [0.05, 0.1) is 10.7 Å². The molecule has 1 aromatic heterocycles. The van der Waals surface area contributed by atoms with E-state index in [1.807, 2.05) is 6.92 Å². The minimum Gasteiger partial charge on any atom is -0.436 e. The van der Waals surface area contributed by atoms with Gasteiger partial charge in [-0.15, -0.1) is 0 Å². The van der Waals surface area contributed by atoms with Gasteiger partial charge in [0.15, 0.2) is 0 Å². The molecule has 2 N–H and O–H groups in total. The van der Waals surface area contributed by atoms with Crippen molar-refractivity contribution in [1.29, 1.82) is 0 Å². The van der Waals surface area contributed by atoms with Crippen LogP contribution in [-0.4, -0.2) is 9.78 Å². The smallest absolute Gasteiger partial charge is 0.241 e. The number of hydrogen-bond acceptors (Lipinski definition) is 3. The molecular formula is C12H13Cl2N3O. The molecule has 2 rings (SSSR count). The van der Waals surface area contributed by atoms with E-state index in [2.05, 4.69) is 5.10 Å². The lowest BCUT2D eigenvalue weighted by Gasteiger charge is -2.09. The first-order valence-corrected chi connectivity index (χ1v) is 6.23. The van der Waals surface area contributed by atoms with E-state index in [-0.39, 0.29) is 0 Å². The quantitative estimate of drug-likeness (QED) is 0.936. The Morgan fingerprint density at radius 2 is 2.11 bits per heavy atom. The van der Waals surface area contributed by atoms with Crippen LogP contribution in [0.1, 0.15) is 12.6 Å². The van der Waals surface area contributed by atoms with Crippen LogP contribution < -0.4 is 10.5 Å². The van der Waals surface area contributed by atoms with Gasteiger partial charge in [-0.05, 0) is 18.6 Å². The fraction of sp³-hybridized carbons (Fsp3) is 0.250. The van der Waals surface area contributed by atoms with E-state index in [0.717, 1.165) is 12.1 Å². The Kier molecular flexibility index (Phi) is 3.68. The molecule has 0 saturated heterocycles. The molecule has 4 nitrogen and oxygen atoms in total. The SMILES string of the molecule is CCc1nn(C)c(Oc2cccc(Cl)c2Cl)c1N. The Labute approximate surface area is 115 Å². The van der Waals surface area contributed by atoms with E-state index in [1.165, 1.54) is 0 Å². The Hall–Kier alpha value is -1.39. The van der Waals surface area contributed by atoms with Gasteiger partial charge in [0, 0.05) is 7.05 Å². The van der Waals surface area contributed by atoms with Gasteiger partial charge in [0.1, 0.15) is 16.5 Å². The first-order chi connectivity index (χ1) is 8.54. The van der Waals surface area contributed by atoms with E-state index in [4.69, 9.17) is 33.7 Å². The molecule has 0 amide bonds. The predicted molar refractivity (Wildman–Crippen MR) is 73.5 cm³/mol. The van der Waals surface area contributed by atoms with Crippen molar-refractivity contribution >= 4 is 28.9 Å². The predicted octanol–water partition coefficient (Wildman–Crippen LogP) is 3.66. The lowest BCUT2D eigenvalue weighted by Crippen LogP contribution is -1.97. The molecular weight excluding hydrogens is 273 g/mol. The summed E-state index contributed by atoms with van der Waals surface area (Å²) in [4.78, 5) is 0. The maximum atomic E-state index is 6.06. The number of ether oxygens (including phenoxy) is 1. The van der Waals surface area contributed by atoms with E-state index >= 15 is 0 Å². The van der Waals surface area contributed by atoms with Crippen LogP contribution in [0.2, 0.25) is 10.0 Å². The van der Waals surface area contributed by atoms with Crippen LogP contribution in [0.25, 0.3) is 0 Å². The molecule has 1 heterocycles. The molecule has 0 saturated carbocycles. The van der Waals surface area contributed by atoms with E-state index in [1.54, 1.807) is 29.9 Å². The zero-order valence-electron chi connectivity index (χ0n) is 10.1. The van der Waals surface area contributed by atoms with Crippen LogP contribution in [0, 0.1) is 0 Å². The normalized spacial score (nSPS) is 10.7. The van der Waals surface area contributed by atoms with E-state index in [0.29, 0.717) is 27.4 Å². The topological polar surface area (TPSA) is 53.1 Å². The van der Waals surface area contributed by atoms with Crippen molar-refractivity contribution in [1.82, 2.24) is 9.78 Å². The molecule has 0 aliphatic carbocycles. The number of hydrogen-bond donors (Lipinski definition) is 1. The molecule has 0 spiro atoms. The molecule has 0 unspecified atom stereocenters. The summed E-state index contributed by atoms with van der Waals surface area (Å²) in [6.07, 6.45) is 0.742. The standard InChI is InChI=1S/C12H13Cl2N3O/c1-3-8-11(15)12(17(2)16-8)18-9-6-4-5-7(13)10(9)14/h4-6H,3,15H2,1-2H3. The summed E-state index contributed by atoms with van der Waals surface area (Å²) in [6.45, 7) is 1.98. The number of rotatable bonds is 3. The van der Waals surface area contributed by atoms with Crippen LogP contribution in [0.3, 0.4) is 0 Å². The van der Waals surface area contributed by atoms with Crippen LogP contribution in [-0.2, 0) is 13.5 Å². The highest BCUT2D eigenvalue weighted by Gasteiger charge is 2.16. The Morgan fingerprint density at radius 3 is 2.72 bits per heavy atom. The summed E-state index contributed by atoms with van der Waals surface area (Å²) in [5, 5.41) is 5.06. The summed E-state index contributed by atoms with van der Waals surface area (Å²) in [7, 11) is 1.77. The zero-order chi connectivity index (χ0) is 13.3. The van der Waals surface area contributed by atoms with Crippen molar-refractivity contribution in [2.75, 3.05) is 5.73 Å². The van der Waals surface area contributed by atoms with Gasteiger partial charge in [-0.3, -0.25) is 0 Å². The Balaban J connectivity index is 2.40. The second-order valence-electron chi connectivity index (χ2n) is 3.80. The number of benzene rings is 1. The molecule has 0 aliphatic rings. The average Bonchev–Trinajstić information content (AvgIpc) is 2.62. The lowest BCUT2D eigenvalue weighted by molar-refractivity contribution is 0.433. The summed E-state index contributed by atoms with van der Waals surface area (Å²) < 4.78 is 7.28. The van der Waals surface area contributed by atoms with Crippen molar-refractivity contribution in [2.45, 2.75) is 13.3 Å². The largest absolute Gasteiger partial charge is 0.436 e. The van der Waals surface area contributed by atoms with Crippen molar-refractivity contribution in [2.24, 2.45) is 7.05 Å². The van der Waals surface area contributed by atoms with Gasteiger partial charge in [0.25, 0.3) is 0 Å². The number of aromatic nitrogens is 2. The number of halogens is 2. The molecule has 0 aliphatic heterocycles. The molecule has 1 aromatic carbocycles. The van der Waals surface area contributed by atoms with Crippen LogP contribution in [0.5, 0.6) is 11.6 Å². The molecule has 0 atom stereocenters. The van der Waals surface area contributed by atoms with Crippen molar-refractivity contribution in [3.8, 4) is 11.6 Å². The lowest BCUT2D eigenvalue weighted by atomic mass is 10.3. The second kappa shape index (κ2) is 5.08. The maximum Gasteiger partial charge on any atom is 0.241 e. The molecule has 18 heavy (non-hydrogen) atoms. The van der Waals surface area contributed by atoms with Crippen LogP contribution in [0.15, 0.2) is 18.2 Å². The number of anilines is 1. The summed E-state index contributed by atoms with van der Waals surface area (Å²) in [5.74, 6) is 0.928. The summed E-state index contributed by atoms with van der Waals surface area (Å²) in [6, 6.07) is 5.18. The van der Waals surface area contributed by atoms with E-state index in [9.17, 15) is 0 Å². The molecule has 0 bridgehead atoms. The first-order valence-electron chi connectivity index (χ1n) is 5.47. The average molecular weight is 286 g/mol. The third kappa shape index (κ3) is 2.26. The highest BCUT2D eigenvalue weighted by molar-refractivity contribution is 6.42. The van der Waals surface area contributed by atoms with E-state index < -0.39 is 0 Å². The number of aryl methyl sites for hydroxylation is 2. The minimum atomic E-state index is 0.359. The van der Waals surface area contributed by atoms with Gasteiger partial charge in [-0.1, -0.05) is 36.2 Å². The summed E-state index contributed by atoms with van der Waals surface area (Å²) in [5.41, 5.74) is 7.29. The van der Waals surface area contributed by atoms with Crippen molar-refractivity contribution in [3.63, 3.8) is 0 Å². The van der Waals surface area contributed by atoms with Gasteiger partial charge in [-0.2, -0.15) is 5.10 Å². The first kappa shape index (κ1) is 13.1. The number of nitrogens with zero attached hydrogens (tertiary/aromatic N) is 2. The van der Waals surface area contributed by atoms with Gasteiger partial charge >= 0.3 is 0 Å². The number of nitrogens with two attached hydrogens (primary N) is 1. The fourth-order valence-electron chi connectivity index (χ4n) is 1.63. The molecule has 2 aromatic rings. The minimum absolute atomic E-state index is 0.359. The van der Waals surface area contributed by atoms with Crippen molar-refractivity contribution < 1.29 is 4.74 Å². The molecule has 6 heteroatoms. The fourth-order valence-corrected chi connectivity index (χ4v) is 1.96. The molecule has 96 valence electrons. The summed E-state index contributed by atoms with van der Waals surface area (Å²) >= 11 is 12.0. The molecule has 0 fully saturated rings. The van der Waals surface area contributed by atoms with Gasteiger partial charge in [-0.25, -0.2) is 4.68 Å². The van der Waals surface area contributed by atoms with Crippen molar-refractivity contribution in [3.05, 3.63) is 33.9 Å². The zero-order valence-corrected chi connectivity index (χ0v) is 11.6.